The molecule has 1 aliphatic heterocycles. The number of aryl methyl sites for hydroxylation is 1. The maximum atomic E-state index is 9.12. The van der Waals surface area contributed by atoms with Gasteiger partial charge in [0.15, 0.2) is 12.7 Å². The minimum Gasteiger partial charge on any atom is -1.00 e. The number of hydrogen-bond donors (Lipinski definition) is 1. The second-order valence-corrected chi connectivity index (χ2v) is 7.61. The molecule has 4 rings (SSSR count). The Labute approximate surface area is 187 Å². The van der Waals surface area contributed by atoms with Gasteiger partial charge in [-0.2, -0.15) is 4.57 Å². The van der Waals surface area contributed by atoms with E-state index in [2.05, 4.69) is 95.5 Å². The molecule has 0 radical (unpaired) electrons. The van der Waals surface area contributed by atoms with Crippen LogP contribution in [0.5, 0.6) is 0 Å². The van der Waals surface area contributed by atoms with Gasteiger partial charge < -0.3 is 34.0 Å². The van der Waals surface area contributed by atoms with Crippen molar-refractivity contribution in [2.45, 2.75) is 17.9 Å². The summed E-state index contributed by atoms with van der Waals surface area (Å²) in [4.78, 5) is 3.53. The number of thioether (sulfide) groups is 1. The molecular formula is C23H23IN2OS. The van der Waals surface area contributed by atoms with Crippen molar-refractivity contribution in [2.24, 2.45) is 0 Å². The molecule has 144 valence electrons. The Morgan fingerprint density at radius 1 is 1.07 bits per heavy atom. The first-order valence-electron chi connectivity index (χ1n) is 9.19. The van der Waals surface area contributed by atoms with Gasteiger partial charge in [-0.1, -0.05) is 48.2 Å². The average molecular weight is 502 g/mol. The smallest absolute Gasteiger partial charge is 0.213 e. The minimum absolute atomic E-state index is 0. The fourth-order valence-electron chi connectivity index (χ4n) is 3.39. The van der Waals surface area contributed by atoms with E-state index in [0.717, 1.165) is 13.0 Å². The van der Waals surface area contributed by atoms with Gasteiger partial charge in [0.2, 0.25) is 5.52 Å². The molecule has 0 amide bonds. The van der Waals surface area contributed by atoms with Crippen LogP contribution in [0.3, 0.4) is 0 Å². The largest absolute Gasteiger partial charge is 1.00 e. The van der Waals surface area contributed by atoms with Crippen LogP contribution in [0.1, 0.15) is 12.0 Å². The summed E-state index contributed by atoms with van der Waals surface area (Å²) in [5.74, 6) is 0. The van der Waals surface area contributed by atoms with E-state index in [1.165, 1.54) is 32.1 Å². The number of anilines is 1. The fourth-order valence-corrected chi connectivity index (χ4v) is 4.45. The summed E-state index contributed by atoms with van der Waals surface area (Å²) >= 11 is 1.80. The van der Waals surface area contributed by atoms with E-state index in [0.29, 0.717) is 0 Å². The molecule has 0 spiro atoms. The lowest BCUT2D eigenvalue weighted by Crippen LogP contribution is -3.00. The highest BCUT2D eigenvalue weighted by Crippen LogP contribution is 2.44. The highest BCUT2D eigenvalue weighted by Gasteiger charge is 2.20. The van der Waals surface area contributed by atoms with Gasteiger partial charge in [0, 0.05) is 37.1 Å². The van der Waals surface area contributed by atoms with Crippen LogP contribution in [0.25, 0.3) is 17.0 Å². The number of para-hydroxylation sites is 2. The molecule has 0 saturated carbocycles. The standard InChI is InChI=1S/C23H23N2OS.HI/c1-24-21-11-4-5-12-22(21)27-23(24)13-6-8-18-14-16-25(15-7-17-26)20-10-3-2-9-19(18)20;/h2-6,8-14,16,26H,7,15,17H2,1H3;1H/q+1;/p-1. The lowest BCUT2D eigenvalue weighted by Gasteiger charge is -2.12. The predicted molar refractivity (Wildman–Crippen MR) is 114 cm³/mol. The van der Waals surface area contributed by atoms with Crippen LogP contribution in [0.15, 0.2) is 82.9 Å². The van der Waals surface area contributed by atoms with Gasteiger partial charge in [-0.3, -0.25) is 0 Å². The maximum absolute atomic E-state index is 9.12. The summed E-state index contributed by atoms with van der Waals surface area (Å²) in [6.45, 7) is 1.04. The molecule has 0 aliphatic carbocycles. The van der Waals surface area contributed by atoms with Gasteiger partial charge in [0.05, 0.1) is 16.1 Å². The summed E-state index contributed by atoms with van der Waals surface area (Å²) in [5.41, 5.74) is 3.66. The van der Waals surface area contributed by atoms with Crippen molar-refractivity contribution in [3.05, 3.63) is 83.5 Å². The van der Waals surface area contributed by atoms with Crippen LogP contribution < -0.4 is 33.4 Å². The Hall–Kier alpha value is -1.83. The number of hydrogen-bond acceptors (Lipinski definition) is 3. The van der Waals surface area contributed by atoms with Crippen molar-refractivity contribution in [2.75, 3.05) is 18.6 Å². The Bertz CT molecular complexity index is 1030. The first-order valence-corrected chi connectivity index (χ1v) is 10.0. The van der Waals surface area contributed by atoms with Gasteiger partial charge in [-0.25, -0.2) is 0 Å². The van der Waals surface area contributed by atoms with Crippen molar-refractivity contribution in [1.82, 2.24) is 0 Å². The highest BCUT2D eigenvalue weighted by atomic mass is 127. The number of pyridine rings is 1. The first-order chi connectivity index (χ1) is 13.3. The van der Waals surface area contributed by atoms with Crippen LogP contribution in [-0.4, -0.2) is 18.8 Å². The molecule has 3 aromatic rings. The Kier molecular flexibility index (Phi) is 7.15. The molecule has 5 heteroatoms. The summed E-state index contributed by atoms with van der Waals surface area (Å²) in [5, 5.41) is 11.6. The van der Waals surface area contributed by atoms with E-state index >= 15 is 0 Å². The van der Waals surface area contributed by atoms with Crippen molar-refractivity contribution in [3.8, 4) is 0 Å². The Morgan fingerprint density at radius 2 is 1.86 bits per heavy atom. The second-order valence-electron chi connectivity index (χ2n) is 6.55. The molecule has 2 heterocycles. The molecule has 3 nitrogen and oxygen atoms in total. The second kappa shape index (κ2) is 9.58. The number of fused-ring (bicyclic) bond motifs is 2. The van der Waals surface area contributed by atoms with Crippen LogP contribution in [0, 0.1) is 0 Å². The van der Waals surface area contributed by atoms with Gasteiger partial charge in [0.25, 0.3) is 0 Å². The molecule has 1 aliphatic rings. The van der Waals surface area contributed by atoms with Crippen molar-refractivity contribution >= 4 is 34.4 Å². The summed E-state index contributed by atoms with van der Waals surface area (Å²) in [7, 11) is 2.11. The normalized spacial score (nSPS) is 14.6. The topological polar surface area (TPSA) is 27.4 Å². The lowest BCUT2D eigenvalue weighted by molar-refractivity contribution is -0.672. The molecule has 0 unspecified atom stereocenters. The SMILES string of the molecule is CN1/C(=C\C=C\c2cc[n+](CCCO)c3ccccc23)Sc2ccccc21.[I-]. The van der Waals surface area contributed by atoms with Crippen LogP contribution >= 0.6 is 11.8 Å². The number of aromatic nitrogens is 1. The minimum atomic E-state index is 0. The van der Waals surface area contributed by atoms with E-state index in [1.807, 2.05) is 0 Å². The monoisotopic (exact) mass is 502 g/mol. The lowest BCUT2D eigenvalue weighted by atomic mass is 10.1. The van der Waals surface area contributed by atoms with E-state index in [-0.39, 0.29) is 30.6 Å². The van der Waals surface area contributed by atoms with E-state index in [1.54, 1.807) is 11.8 Å². The van der Waals surface area contributed by atoms with E-state index < -0.39 is 0 Å². The molecule has 1 N–H and O–H groups in total. The van der Waals surface area contributed by atoms with Gasteiger partial charge in [0.1, 0.15) is 0 Å². The number of rotatable bonds is 5. The third-order valence-electron chi connectivity index (χ3n) is 4.80. The molecule has 2 aromatic carbocycles. The molecule has 0 bridgehead atoms. The van der Waals surface area contributed by atoms with Crippen molar-refractivity contribution in [1.29, 1.82) is 0 Å². The number of aliphatic hydroxyl groups is 1. The van der Waals surface area contributed by atoms with E-state index in [4.69, 9.17) is 5.11 Å². The predicted octanol–water partition coefficient (Wildman–Crippen LogP) is 1.61. The van der Waals surface area contributed by atoms with Crippen molar-refractivity contribution in [3.63, 3.8) is 0 Å². The Balaban J connectivity index is 0.00000225. The first kappa shape index (κ1) is 20.9. The molecular weight excluding hydrogens is 479 g/mol. The fraction of sp³-hybridized carbons (Fsp3) is 0.174. The molecule has 28 heavy (non-hydrogen) atoms. The number of benzene rings is 2. The molecule has 0 atom stereocenters. The number of allylic oxidation sites excluding steroid dienone is 2. The van der Waals surface area contributed by atoms with Gasteiger partial charge in [-0.05, 0) is 29.8 Å². The summed E-state index contributed by atoms with van der Waals surface area (Å²) < 4.78 is 2.21. The zero-order valence-corrected chi connectivity index (χ0v) is 18.7. The maximum Gasteiger partial charge on any atom is 0.213 e. The third-order valence-corrected chi connectivity index (χ3v) is 5.99. The highest BCUT2D eigenvalue weighted by molar-refractivity contribution is 8.03. The van der Waals surface area contributed by atoms with Crippen molar-refractivity contribution < 1.29 is 33.7 Å². The zero-order chi connectivity index (χ0) is 18.6. The number of nitrogens with zero attached hydrogens (tertiary/aromatic N) is 2. The quantitative estimate of drug-likeness (QED) is 0.425. The molecule has 0 fully saturated rings. The third kappa shape index (κ3) is 4.26. The van der Waals surface area contributed by atoms with Gasteiger partial charge in [-0.15, -0.1) is 0 Å². The van der Waals surface area contributed by atoms with Crippen LogP contribution in [0.4, 0.5) is 5.69 Å². The molecule has 0 saturated heterocycles. The average Bonchev–Trinajstić information content (AvgIpc) is 3.03. The summed E-state index contributed by atoms with van der Waals surface area (Å²) in [6, 6.07) is 19.1. The molecule has 1 aromatic heterocycles. The number of aliphatic hydroxyl groups excluding tert-OH is 1. The van der Waals surface area contributed by atoms with Gasteiger partial charge >= 0.3 is 0 Å². The Morgan fingerprint density at radius 3 is 2.68 bits per heavy atom. The number of halogens is 1. The van der Waals surface area contributed by atoms with Crippen LogP contribution in [0.2, 0.25) is 0 Å². The summed E-state index contributed by atoms with van der Waals surface area (Å²) in [6.07, 6.45) is 9.34. The zero-order valence-electron chi connectivity index (χ0n) is 15.8. The van der Waals surface area contributed by atoms with Crippen LogP contribution in [-0.2, 0) is 6.54 Å². The van der Waals surface area contributed by atoms with E-state index in [9.17, 15) is 0 Å².